The van der Waals surface area contributed by atoms with Crippen molar-refractivity contribution in [1.82, 2.24) is 26.3 Å². The van der Waals surface area contributed by atoms with Crippen molar-refractivity contribution in [2.24, 2.45) is 11.7 Å². The quantitative estimate of drug-likeness (QED) is 0.242. The Morgan fingerprint density at radius 3 is 2.58 bits per heavy atom. The number of nitrogens with two attached hydrogens (primary N) is 1. The smallest absolute Gasteiger partial charge is 0.273 e. The number of carbonyl (C=O) groups is 4. The lowest BCUT2D eigenvalue weighted by atomic mass is 10.00. The van der Waals surface area contributed by atoms with Crippen LogP contribution in [0, 0.1) is 5.92 Å². The van der Waals surface area contributed by atoms with E-state index < -0.39 is 35.8 Å². The van der Waals surface area contributed by atoms with Gasteiger partial charge in [0.25, 0.3) is 5.91 Å². The van der Waals surface area contributed by atoms with Crippen LogP contribution in [0.25, 0.3) is 0 Å². The molecule has 0 fully saturated rings. The van der Waals surface area contributed by atoms with Crippen molar-refractivity contribution >= 4 is 23.6 Å². The van der Waals surface area contributed by atoms with Crippen LogP contribution in [0.2, 0.25) is 0 Å². The summed E-state index contributed by atoms with van der Waals surface area (Å²) in [4.78, 5) is 57.5. The summed E-state index contributed by atoms with van der Waals surface area (Å²) in [6.45, 7) is 4.73. The third-order valence-electron chi connectivity index (χ3n) is 7.41. The number of oxazole rings is 1. The van der Waals surface area contributed by atoms with Crippen molar-refractivity contribution in [3.05, 3.63) is 83.6 Å². The average molecular weight is 619 g/mol. The number of rotatable bonds is 9. The van der Waals surface area contributed by atoms with Gasteiger partial charge in [-0.1, -0.05) is 56.3 Å². The van der Waals surface area contributed by atoms with Crippen molar-refractivity contribution in [1.29, 1.82) is 0 Å². The normalized spacial score (nSPS) is 19.7. The monoisotopic (exact) mass is 618 g/mol. The number of carbonyl (C=O) groups excluding carboxylic acids is 4. The third-order valence-corrected chi connectivity index (χ3v) is 7.41. The summed E-state index contributed by atoms with van der Waals surface area (Å²) >= 11 is 0. The van der Waals surface area contributed by atoms with Crippen LogP contribution in [-0.2, 0) is 27.2 Å². The van der Waals surface area contributed by atoms with Gasteiger partial charge in [0.2, 0.25) is 23.6 Å². The van der Waals surface area contributed by atoms with Gasteiger partial charge in [0.05, 0.1) is 6.42 Å². The van der Waals surface area contributed by atoms with Gasteiger partial charge in [-0.2, -0.15) is 0 Å². The number of ether oxygens (including phenoxy) is 1. The fraction of sp³-hybridized carbons (Fsp3) is 0.424. The van der Waals surface area contributed by atoms with Crippen molar-refractivity contribution in [2.75, 3.05) is 19.7 Å². The SMILES string of the molecule is CC(C)[C@@H]1NC(=O)[C@@H](NC(=O)Cc2cccc(OCCN)c2)CCCCNC(=O)c2coc(n2)[C@@H](Cc2ccccc2)NC1=O. The summed E-state index contributed by atoms with van der Waals surface area (Å²) in [7, 11) is 0. The van der Waals surface area contributed by atoms with Gasteiger partial charge in [0, 0.05) is 19.5 Å². The molecule has 2 heterocycles. The zero-order valence-corrected chi connectivity index (χ0v) is 25.7. The zero-order chi connectivity index (χ0) is 32.2. The predicted molar refractivity (Wildman–Crippen MR) is 167 cm³/mol. The van der Waals surface area contributed by atoms with Crippen LogP contribution >= 0.6 is 0 Å². The standard InChI is InChI=1S/C33H42N6O6/c1-21(2)29-32(43)37-26(18-22-9-4-3-5-10-22)33-38-27(20-45-33)30(41)35-15-7-6-13-25(31(42)39-29)36-28(40)19-23-11-8-12-24(17-23)44-16-14-34/h3-5,8-12,17,20-21,25-26,29H,6-7,13-16,18-19,34H2,1-2H3,(H,35,41)(H,36,40)(H,37,43)(H,39,42)/t25-,26+,29-/m0/s1. The zero-order valence-electron chi connectivity index (χ0n) is 25.7. The number of hydrogen-bond acceptors (Lipinski definition) is 8. The number of nitrogens with one attached hydrogen (secondary N) is 4. The van der Waals surface area contributed by atoms with Crippen molar-refractivity contribution in [3.8, 4) is 5.75 Å². The van der Waals surface area contributed by atoms with Gasteiger partial charge in [0.1, 0.15) is 36.7 Å². The maximum absolute atomic E-state index is 13.7. The molecule has 2 aromatic carbocycles. The Bertz CT molecular complexity index is 1440. The number of fused-ring (bicyclic) bond motifs is 2. The highest BCUT2D eigenvalue weighted by molar-refractivity contribution is 5.93. The minimum Gasteiger partial charge on any atom is -0.492 e. The average Bonchev–Trinajstić information content (AvgIpc) is 3.52. The van der Waals surface area contributed by atoms with E-state index in [0.29, 0.717) is 51.1 Å². The van der Waals surface area contributed by atoms with E-state index in [1.165, 1.54) is 6.26 Å². The number of benzene rings is 2. The van der Waals surface area contributed by atoms with Crippen LogP contribution in [0.4, 0.5) is 0 Å². The summed E-state index contributed by atoms with van der Waals surface area (Å²) < 4.78 is 11.2. The lowest BCUT2D eigenvalue weighted by Crippen LogP contribution is -2.56. The molecule has 1 aliphatic heterocycles. The fourth-order valence-corrected chi connectivity index (χ4v) is 5.04. The van der Waals surface area contributed by atoms with Gasteiger partial charge in [-0.05, 0) is 48.4 Å². The summed E-state index contributed by atoms with van der Waals surface area (Å²) in [5, 5.41) is 11.5. The first kappa shape index (κ1) is 33.2. The summed E-state index contributed by atoms with van der Waals surface area (Å²) in [5.74, 6) is -1.14. The molecule has 1 aliphatic rings. The lowest BCUT2D eigenvalue weighted by Gasteiger charge is -2.27. The Balaban J connectivity index is 1.53. The molecular weight excluding hydrogens is 576 g/mol. The number of aromatic nitrogens is 1. The summed E-state index contributed by atoms with van der Waals surface area (Å²) in [5.41, 5.74) is 7.27. The number of amides is 4. The van der Waals surface area contributed by atoms with Crippen molar-refractivity contribution in [3.63, 3.8) is 0 Å². The molecule has 0 unspecified atom stereocenters. The maximum Gasteiger partial charge on any atom is 0.273 e. The molecule has 0 saturated carbocycles. The van der Waals surface area contributed by atoms with E-state index in [1.54, 1.807) is 24.3 Å². The van der Waals surface area contributed by atoms with Crippen molar-refractivity contribution in [2.45, 2.75) is 64.1 Å². The molecule has 3 aromatic rings. The molecule has 2 bridgehead atoms. The van der Waals surface area contributed by atoms with E-state index in [-0.39, 0.29) is 29.8 Å². The highest BCUT2D eigenvalue weighted by Gasteiger charge is 2.32. The molecule has 240 valence electrons. The van der Waals surface area contributed by atoms with Crippen LogP contribution in [-0.4, -0.2) is 60.4 Å². The molecule has 12 heteroatoms. The Morgan fingerprint density at radius 2 is 1.82 bits per heavy atom. The molecule has 4 rings (SSSR count). The van der Waals surface area contributed by atoms with E-state index in [9.17, 15) is 19.2 Å². The van der Waals surface area contributed by atoms with Crippen LogP contribution in [0.3, 0.4) is 0 Å². The predicted octanol–water partition coefficient (Wildman–Crippen LogP) is 2.19. The van der Waals surface area contributed by atoms with Gasteiger partial charge in [-0.15, -0.1) is 0 Å². The van der Waals surface area contributed by atoms with Crippen LogP contribution in [0.5, 0.6) is 5.75 Å². The molecule has 0 spiro atoms. The second-order valence-electron chi connectivity index (χ2n) is 11.4. The molecule has 0 radical (unpaired) electrons. The number of nitrogens with zero attached hydrogens (tertiary/aromatic N) is 1. The molecule has 0 aliphatic carbocycles. The Hall–Kier alpha value is -4.71. The van der Waals surface area contributed by atoms with Gasteiger partial charge in [-0.3, -0.25) is 19.2 Å². The first-order chi connectivity index (χ1) is 21.7. The number of hydrogen-bond donors (Lipinski definition) is 5. The molecule has 6 N–H and O–H groups in total. The lowest BCUT2D eigenvalue weighted by molar-refractivity contribution is -0.133. The molecular formula is C33H42N6O6. The van der Waals surface area contributed by atoms with Gasteiger partial charge < -0.3 is 36.2 Å². The molecule has 0 saturated heterocycles. The largest absolute Gasteiger partial charge is 0.492 e. The molecule has 12 nitrogen and oxygen atoms in total. The molecule has 1 aromatic heterocycles. The third kappa shape index (κ3) is 9.90. The van der Waals surface area contributed by atoms with E-state index in [4.69, 9.17) is 14.9 Å². The Morgan fingerprint density at radius 1 is 1.04 bits per heavy atom. The Labute approximate surface area is 262 Å². The van der Waals surface area contributed by atoms with E-state index >= 15 is 0 Å². The summed E-state index contributed by atoms with van der Waals surface area (Å²) in [6, 6.07) is 14.1. The van der Waals surface area contributed by atoms with Gasteiger partial charge in [-0.25, -0.2) is 4.98 Å². The van der Waals surface area contributed by atoms with Crippen LogP contribution < -0.4 is 31.7 Å². The van der Waals surface area contributed by atoms with Crippen LogP contribution in [0.15, 0.2) is 65.3 Å². The minimum atomic E-state index is -0.905. The van der Waals surface area contributed by atoms with Gasteiger partial charge in [0.15, 0.2) is 5.69 Å². The molecule has 3 atom stereocenters. The van der Waals surface area contributed by atoms with E-state index in [0.717, 1.165) is 11.1 Å². The highest BCUT2D eigenvalue weighted by atomic mass is 16.5. The maximum atomic E-state index is 13.7. The van der Waals surface area contributed by atoms with Crippen LogP contribution in [0.1, 0.15) is 66.7 Å². The molecule has 4 amide bonds. The topological polar surface area (TPSA) is 178 Å². The minimum absolute atomic E-state index is 0.0339. The van der Waals surface area contributed by atoms with E-state index in [1.807, 2.05) is 44.2 Å². The van der Waals surface area contributed by atoms with E-state index in [2.05, 4.69) is 26.3 Å². The highest BCUT2D eigenvalue weighted by Crippen LogP contribution is 2.20. The first-order valence-electron chi connectivity index (χ1n) is 15.3. The van der Waals surface area contributed by atoms with Gasteiger partial charge >= 0.3 is 0 Å². The second-order valence-corrected chi connectivity index (χ2v) is 11.4. The Kier molecular flexibility index (Phi) is 12.1. The van der Waals surface area contributed by atoms with Crippen molar-refractivity contribution < 1.29 is 28.3 Å². The first-order valence-corrected chi connectivity index (χ1v) is 15.3. The summed E-state index contributed by atoms with van der Waals surface area (Å²) in [6.07, 6.45) is 3.06. The fourth-order valence-electron chi connectivity index (χ4n) is 5.04. The second kappa shape index (κ2) is 16.4. The molecule has 45 heavy (non-hydrogen) atoms.